The molecular formula is C28H31N3O3. The fourth-order valence-corrected chi connectivity index (χ4v) is 4.99. The number of urea groups is 1. The third-order valence-corrected chi connectivity index (χ3v) is 6.90. The van der Waals surface area contributed by atoms with Crippen LogP contribution < -0.4 is 15.1 Å². The molecule has 2 aliphatic rings. The number of imide groups is 2. The van der Waals surface area contributed by atoms with Crippen molar-refractivity contribution in [3.8, 4) is 0 Å². The van der Waals surface area contributed by atoms with E-state index in [0.29, 0.717) is 5.69 Å². The zero-order chi connectivity index (χ0) is 24.9. The van der Waals surface area contributed by atoms with Crippen LogP contribution in [0.4, 0.5) is 16.2 Å². The molecule has 0 spiro atoms. The van der Waals surface area contributed by atoms with Crippen molar-refractivity contribution in [2.75, 3.05) is 16.3 Å². The molecule has 4 rings (SSSR count). The van der Waals surface area contributed by atoms with Crippen molar-refractivity contribution in [3.05, 3.63) is 69.8 Å². The van der Waals surface area contributed by atoms with E-state index in [4.69, 9.17) is 0 Å². The minimum atomic E-state index is -0.734. The van der Waals surface area contributed by atoms with Crippen molar-refractivity contribution < 1.29 is 14.4 Å². The quantitative estimate of drug-likeness (QED) is 0.502. The number of likely N-dealkylation sites (N-methyl/N-ethyl adjacent to an activating group) is 1. The first-order chi connectivity index (χ1) is 16.0. The highest BCUT2D eigenvalue weighted by molar-refractivity contribution is 6.39. The van der Waals surface area contributed by atoms with Crippen molar-refractivity contribution in [1.82, 2.24) is 5.32 Å². The van der Waals surface area contributed by atoms with E-state index in [-0.39, 0.29) is 11.1 Å². The molecule has 2 heterocycles. The van der Waals surface area contributed by atoms with Crippen molar-refractivity contribution in [2.24, 2.45) is 0 Å². The lowest BCUT2D eigenvalue weighted by atomic mass is 9.86. The van der Waals surface area contributed by atoms with E-state index in [1.165, 1.54) is 0 Å². The van der Waals surface area contributed by atoms with Gasteiger partial charge in [-0.3, -0.25) is 14.9 Å². The largest absolute Gasteiger partial charge is 0.363 e. The van der Waals surface area contributed by atoms with Gasteiger partial charge in [-0.05, 0) is 101 Å². The molecule has 4 amide bonds. The Morgan fingerprint density at radius 1 is 0.971 bits per heavy atom. The summed E-state index contributed by atoms with van der Waals surface area (Å²) in [6.45, 7) is 15.2. The summed E-state index contributed by atoms with van der Waals surface area (Å²) in [4.78, 5) is 42.2. The Hall–Kier alpha value is -3.67. The third kappa shape index (κ3) is 3.73. The molecule has 34 heavy (non-hydrogen) atoms. The van der Waals surface area contributed by atoms with Crippen LogP contribution in [0, 0.1) is 20.8 Å². The maximum absolute atomic E-state index is 13.4. The predicted molar refractivity (Wildman–Crippen MR) is 137 cm³/mol. The summed E-state index contributed by atoms with van der Waals surface area (Å²) in [7, 11) is 0. The zero-order valence-electron chi connectivity index (χ0n) is 20.9. The van der Waals surface area contributed by atoms with Gasteiger partial charge in [-0.25, -0.2) is 9.69 Å². The zero-order valence-corrected chi connectivity index (χ0v) is 20.9. The number of allylic oxidation sites excluding steroid dienone is 1. The van der Waals surface area contributed by atoms with E-state index in [0.717, 1.165) is 50.5 Å². The summed E-state index contributed by atoms with van der Waals surface area (Å²) >= 11 is 0. The standard InChI is InChI=1S/C28H31N3O3/c1-8-30-24-12-17(3)20(13-21(24)18(4)15-28(30,6)7)14-22-25(32)29-27(34)31(26(22)33)23-11-9-10-16(2)19(23)5/h9-15H,8H2,1-7H3,(H,29,32,34)/b22-14-. The van der Waals surface area contributed by atoms with E-state index < -0.39 is 17.8 Å². The van der Waals surface area contributed by atoms with Crippen LogP contribution in [0.2, 0.25) is 0 Å². The highest BCUT2D eigenvalue weighted by Crippen LogP contribution is 2.40. The number of hydrogen-bond donors (Lipinski definition) is 1. The summed E-state index contributed by atoms with van der Waals surface area (Å²) in [5, 5.41) is 2.33. The predicted octanol–water partition coefficient (Wildman–Crippen LogP) is 5.30. The van der Waals surface area contributed by atoms with Gasteiger partial charge in [0.05, 0.1) is 11.2 Å². The number of fused-ring (bicyclic) bond motifs is 1. The van der Waals surface area contributed by atoms with Gasteiger partial charge >= 0.3 is 6.03 Å². The van der Waals surface area contributed by atoms with Crippen LogP contribution in [0.15, 0.2) is 42.0 Å². The first-order valence-corrected chi connectivity index (χ1v) is 11.6. The maximum atomic E-state index is 13.4. The average molecular weight is 458 g/mol. The van der Waals surface area contributed by atoms with Crippen LogP contribution in [0.25, 0.3) is 11.6 Å². The van der Waals surface area contributed by atoms with Crippen LogP contribution in [-0.4, -0.2) is 29.9 Å². The van der Waals surface area contributed by atoms with Crippen molar-refractivity contribution >= 4 is 40.9 Å². The molecule has 1 fully saturated rings. The van der Waals surface area contributed by atoms with E-state index in [1.807, 2.05) is 32.9 Å². The van der Waals surface area contributed by atoms with Gasteiger partial charge in [0.25, 0.3) is 11.8 Å². The summed E-state index contributed by atoms with van der Waals surface area (Å²) in [6.07, 6.45) is 3.84. The Labute approximate surface area is 200 Å². The highest BCUT2D eigenvalue weighted by Gasteiger charge is 2.38. The first-order valence-electron chi connectivity index (χ1n) is 11.6. The number of nitrogens with zero attached hydrogens (tertiary/aromatic N) is 2. The molecule has 0 radical (unpaired) electrons. The van der Waals surface area contributed by atoms with Gasteiger partial charge in [0.2, 0.25) is 0 Å². The lowest BCUT2D eigenvalue weighted by Gasteiger charge is -2.43. The number of nitrogens with one attached hydrogen (secondary N) is 1. The number of amides is 4. The molecule has 2 aliphatic heterocycles. The fourth-order valence-electron chi connectivity index (χ4n) is 4.99. The third-order valence-electron chi connectivity index (χ3n) is 6.90. The Bertz CT molecular complexity index is 1300. The lowest BCUT2D eigenvalue weighted by molar-refractivity contribution is -0.122. The van der Waals surface area contributed by atoms with Gasteiger partial charge in [0.1, 0.15) is 5.57 Å². The molecule has 6 heteroatoms. The molecule has 0 saturated carbocycles. The molecule has 0 atom stereocenters. The van der Waals surface area contributed by atoms with Crippen molar-refractivity contribution in [3.63, 3.8) is 0 Å². The number of barbiturate groups is 1. The molecular weight excluding hydrogens is 426 g/mol. The van der Waals surface area contributed by atoms with Gasteiger partial charge in [-0.2, -0.15) is 0 Å². The molecule has 2 aromatic carbocycles. The summed E-state index contributed by atoms with van der Waals surface area (Å²) in [5.74, 6) is -1.31. The van der Waals surface area contributed by atoms with E-state index >= 15 is 0 Å². The first kappa shape index (κ1) is 23.5. The molecule has 0 unspecified atom stereocenters. The van der Waals surface area contributed by atoms with Gasteiger partial charge < -0.3 is 4.90 Å². The number of carbonyl (C=O) groups excluding carboxylic acids is 3. The Kier molecular flexibility index (Phi) is 5.72. The normalized spacial score (nSPS) is 18.7. The smallest absolute Gasteiger partial charge is 0.335 e. The van der Waals surface area contributed by atoms with E-state index in [1.54, 1.807) is 18.2 Å². The van der Waals surface area contributed by atoms with Crippen molar-refractivity contribution in [1.29, 1.82) is 0 Å². The molecule has 0 aromatic heterocycles. The Morgan fingerprint density at radius 2 is 1.68 bits per heavy atom. The number of benzene rings is 2. The number of carbonyl (C=O) groups is 3. The van der Waals surface area contributed by atoms with Crippen LogP contribution in [0.5, 0.6) is 0 Å². The maximum Gasteiger partial charge on any atom is 0.335 e. The molecule has 1 N–H and O–H groups in total. The van der Waals surface area contributed by atoms with Crippen molar-refractivity contribution in [2.45, 2.75) is 54.0 Å². The molecule has 6 nitrogen and oxygen atoms in total. The summed E-state index contributed by atoms with van der Waals surface area (Å²) < 4.78 is 0. The summed E-state index contributed by atoms with van der Waals surface area (Å²) in [6, 6.07) is 8.83. The topological polar surface area (TPSA) is 69.7 Å². The van der Waals surface area contributed by atoms with Gasteiger partial charge in [-0.15, -0.1) is 0 Å². The molecule has 176 valence electrons. The van der Waals surface area contributed by atoms with Crippen LogP contribution in [-0.2, 0) is 9.59 Å². The Balaban J connectivity index is 1.82. The second-order valence-corrected chi connectivity index (χ2v) is 9.63. The van der Waals surface area contributed by atoms with E-state index in [9.17, 15) is 14.4 Å². The monoisotopic (exact) mass is 457 g/mol. The number of aryl methyl sites for hydroxylation is 2. The second kappa shape index (κ2) is 8.28. The highest BCUT2D eigenvalue weighted by atomic mass is 16.2. The molecule has 2 aromatic rings. The summed E-state index contributed by atoms with van der Waals surface area (Å²) in [5.41, 5.74) is 7.16. The average Bonchev–Trinajstić information content (AvgIpc) is 2.74. The molecule has 1 saturated heterocycles. The van der Waals surface area contributed by atoms with Gasteiger partial charge in [0, 0.05) is 17.8 Å². The molecule has 0 aliphatic carbocycles. The van der Waals surface area contributed by atoms with Crippen LogP contribution in [0.3, 0.4) is 0 Å². The SMILES string of the molecule is CCN1c2cc(C)c(/C=C3/C(=O)NC(=O)N(c4cccc(C)c4C)C3=O)cc2C(C)=CC1(C)C. The number of rotatable bonds is 3. The van der Waals surface area contributed by atoms with Gasteiger partial charge in [0.15, 0.2) is 0 Å². The van der Waals surface area contributed by atoms with Crippen LogP contribution >= 0.6 is 0 Å². The second-order valence-electron chi connectivity index (χ2n) is 9.63. The number of anilines is 2. The minimum absolute atomic E-state index is 0.0614. The lowest BCUT2D eigenvalue weighted by Crippen LogP contribution is -2.54. The Morgan fingerprint density at radius 3 is 2.35 bits per heavy atom. The van der Waals surface area contributed by atoms with E-state index in [2.05, 4.69) is 50.1 Å². The molecule has 0 bridgehead atoms. The minimum Gasteiger partial charge on any atom is -0.363 e. The van der Waals surface area contributed by atoms with Gasteiger partial charge in [-0.1, -0.05) is 18.2 Å². The fraction of sp³-hybridized carbons (Fsp3) is 0.321. The number of hydrogen-bond acceptors (Lipinski definition) is 4. The van der Waals surface area contributed by atoms with Crippen LogP contribution in [0.1, 0.15) is 55.5 Å².